The van der Waals surface area contributed by atoms with Crippen LogP contribution in [0.2, 0.25) is 0 Å². The Bertz CT molecular complexity index is 303. The van der Waals surface area contributed by atoms with Crippen LogP contribution in [0.1, 0.15) is 13.3 Å². The lowest BCUT2D eigenvalue weighted by atomic mass is 10.2. The molecule has 1 rings (SSSR count). The van der Waals surface area contributed by atoms with E-state index in [1.807, 2.05) is 0 Å². The molecule has 6 nitrogen and oxygen atoms in total. The minimum atomic E-state index is -0.535. The lowest BCUT2D eigenvalue weighted by molar-refractivity contribution is -0.145. The zero-order chi connectivity index (χ0) is 12.1. The number of esters is 1. The normalized spacial score (nSPS) is 15.5. The molecule has 0 atom stereocenters. The lowest BCUT2D eigenvalue weighted by Crippen LogP contribution is -2.34. The largest absolute Gasteiger partial charge is 0.466 e. The number of Topliss-reactive ketones (excluding diaryl/α,β-unsaturated/α-hetero) is 1. The predicted molar refractivity (Wildman–Crippen MR) is 55.9 cm³/mol. The van der Waals surface area contributed by atoms with Crippen molar-refractivity contribution in [1.29, 1.82) is 0 Å². The summed E-state index contributed by atoms with van der Waals surface area (Å²) in [5.41, 5.74) is 0. The van der Waals surface area contributed by atoms with Gasteiger partial charge in [-0.05, 0) is 6.92 Å². The molecule has 0 unspecified atom stereocenters. The van der Waals surface area contributed by atoms with E-state index in [2.05, 4.69) is 4.74 Å². The van der Waals surface area contributed by atoms with E-state index in [1.165, 1.54) is 9.80 Å². The number of carbonyl (C=O) groups is 3. The fraction of sp³-hybridized carbons (Fsp3) is 0.700. The Hall–Kier alpha value is -1.59. The number of ketones is 1. The smallest absolute Gasteiger partial charge is 0.320 e. The van der Waals surface area contributed by atoms with Gasteiger partial charge in [0.15, 0.2) is 5.78 Å². The number of nitrogens with zero attached hydrogens (tertiary/aromatic N) is 2. The minimum absolute atomic E-state index is 0.0119. The predicted octanol–water partition coefficient (Wildman–Crippen LogP) is -0.124. The summed E-state index contributed by atoms with van der Waals surface area (Å²) in [4.78, 5) is 36.8. The third-order valence-corrected chi connectivity index (χ3v) is 2.32. The van der Waals surface area contributed by atoms with E-state index in [-0.39, 0.29) is 31.4 Å². The summed E-state index contributed by atoms with van der Waals surface area (Å²) in [5.74, 6) is -0.824. The Labute approximate surface area is 94.1 Å². The fourth-order valence-electron chi connectivity index (χ4n) is 1.49. The molecule has 2 amide bonds. The monoisotopic (exact) mass is 228 g/mol. The van der Waals surface area contributed by atoms with Crippen LogP contribution in [-0.4, -0.2) is 60.9 Å². The van der Waals surface area contributed by atoms with Crippen molar-refractivity contribution < 1.29 is 19.1 Å². The molecule has 0 spiro atoms. The fourth-order valence-corrected chi connectivity index (χ4v) is 1.49. The van der Waals surface area contributed by atoms with Crippen molar-refractivity contribution in [2.75, 3.05) is 33.3 Å². The molecule has 1 aliphatic rings. The van der Waals surface area contributed by atoms with Crippen molar-refractivity contribution in [2.45, 2.75) is 13.3 Å². The molecule has 0 aromatic carbocycles. The molecule has 1 aliphatic heterocycles. The number of hydrogen-bond donors (Lipinski definition) is 0. The first-order chi connectivity index (χ1) is 7.54. The second-order valence-corrected chi connectivity index (χ2v) is 3.65. The number of amides is 2. The van der Waals surface area contributed by atoms with Gasteiger partial charge in [0.05, 0.1) is 13.2 Å². The van der Waals surface area contributed by atoms with E-state index in [1.54, 1.807) is 14.0 Å². The number of likely N-dealkylation sites (N-methyl/N-ethyl adjacent to an activating group) is 1. The van der Waals surface area contributed by atoms with E-state index in [0.717, 1.165) is 0 Å². The van der Waals surface area contributed by atoms with Crippen LogP contribution < -0.4 is 0 Å². The Balaban J connectivity index is 2.35. The van der Waals surface area contributed by atoms with Gasteiger partial charge in [0.25, 0.3) is 0 Å². The van der Waals surface area contributed by atoms with Crippen LogP contribution in [0.5, 0.6) is 0 Å². The minimum Gasteiger partial charge on any atom is -0.466 e. The van der Waals surface area contributed by atoms with Crippen molar-refractivity contribution >= 4 is 17.8 Å². The van der Waals surface area contributed by atoms with Gasteiger partial charge in [0.1, 0.15) is 6.42 Å². The molecule has 0 aromatic heterocycles. The highest BCUT2D eigenvalue weighted by molar-refractivity contribution is 5.98. The van der Waals surface area contributed by atoms with E-state index >= 15 is 0 Å². The molecule has 0 N–H and O–H groups in total. The van der Waals surface area contributed by atoms with Gasteiger partial charge in [0.2, 0.25) is 0 Å². The van der Waals surface area contributed by atoms with Gasteiger partial charge < -0.3 is 14.5 Å². The van der Waals surface area contributed by atoms with Crippen LogP contribution in [0.15, 0.2) is 0 Å². The van der Waals surface area contributed by atoms with Gasteiger partial charge in [-0.25, -0.2) is 4.79 Å². The van der Waals surface area contributed by atoms with Crippen LogP contribution >= 0.6 is 0 Å². The van der Waals surface area contributed by atoms with Crippen LogP contribution in [0, 0.1) is 0 Å². The summed E-state index contributed by atoms with van der Waals surface area (Å²) in [7, 11) is 1.68. The van der Waals surface area contributed by atoms with Crippen molar-refractivity contribution in [3.05, 3.63) is 0 Å². The molecule has 0 saturated carbocycles. The number of rotatable bonds is 5. The van der Waals surface area contributed by atoms with E-state index in [4.69, 9.17) is 0 Å². The zero-order valence-electron chi connectivity index (χ0n) is 9.56. The number of ether oxygens (including phenoxy) is 1. The van der Waals surface area contributed by atoms with Gasteiger partial charge in [-0.3, -0.25) is 9.59 Å². The highest BCUT2D eigenvalue weighted by Crippen LogP contribution is 2.06. The molecule has 90 valence electrons. The number of hydrogen-bond acceptors (Lipinski definition) is 4. The molecule has 0 radical (unpaired) electrons. The van der Waals surface area contributed by atoms with Crippen LogP contribution in [0.4, 0.5) is 4.79 Å². The Morgan fingerprint density at radius 1 is 1.38 bits per heavy atom. The first-order valence-corrected chi connectivity index (χ1v) is 5.22. The van der Waals surface area contributed by atoms with Crippen LogP contribution in [0.25, 0.3) is 0 Å². The van der Waals surface area contributed by atoms with Crippen LogP contribution in [0.3, 0.4) is 0 Å². The highest BCUT2D eigenvalue weighted by atomic mass is 16.5. The summed E-state index contributed by atoms with van der Waals surface area (Å²) >= 11 is 0. The second kappa shape index (κ2) is 5.48. The summed E-state index contributed by atoms with van der Waals surface area (Å²) in [6.45, 7) is 3.08. The molecule has 1 fully saturated rings. The van der Waals surface area contributed by atoms with Crippen molar-refractivity contribution in [1.82, 2.24) is 9.80 Å². The first-order valence-electron chi connectivity index (χ1n) is 5.22. The summed E-state index contributed by atoms with van der Waals surface area (Å²) < 4.78 is 4.65. The maximum atomic E-state index is 11.4. The maximum absolute atomic E-state index is 11.4. The molecule has 1 heterocycles. The van der Waals surface area contributed by atoms with E-state index in [0.29, 0.717) is 13.1 Å². The van der Waals surface area contributed by atoms with Crippen molar-refractivity contribution in [3.63, 3.8) is 0 Å². The third kappa shape index (κ3) is 3.22. The summed E-state index contributed by atoms with van der Waals surface area (Å²) in [6.07, 6.45) is -0.263. The van der Waals surface area contributed by atoms with Crippen molar-refractivity contribution in [2.24, 2.45) is 0 Å². The number of urea groups is 1. The highest BCUT2D eigenvalue weighted by Gasteiger charge is 2.27. The molecule has 6 heteroatoms. The molecular weight excluding hydrogens is 212 g/mol. The zero-order valence-corrected chi connectivity index (χ0v) is 9.56. The average Bonchev–Trinajstić information content (AvgIpc) is 2.50. The molecule has 0 aromatic rings. The molecular formula is C10H16N2O4. The molecule has 16 heavy (non-hydrogen) atoms. The van der Waals surface area contributed by atoms with Gasteiger partial charge >= 0.3 is 12.0 Å². The SMILES string of the molecule is CCOC(=O)CC(=O)CN1CCN(C)C1=O. The topological polar surface area (TPSA) is 66.9 Å². The van der Waals surface area contributed by atoms with E-state index in [9.17, 15) is 14.4 Å². The van der Waals surface area contributed by atoms with Gasteiger partial charge in [-0.1, -0.05) is 0 Å². The van der Waals surface area contributed by atoms with Gasteiger partial charge in [0, 0.05) is 20.1 Å². The standard InChI is InChI=1S/C10H16N2O4/c1-3-16-9(14)6-8(13)7-12-5-4-11(2)10(12)15/h3-7H2,1-2H3. The molecule has 1 saturated heterocycles. The third-order valence-electron chi connectivity index (χ3n) is 2.32. The molecule has 0 aliphatic carbocycles. The Morgan fingerprint density at radius 2 is 2.06 bits per heavy atom. The lowest BCUT2D eigenvalue weighted by Gasteiger charge is -2.14. The first kappa shape index (κ1) is 12.5. The van der Waals surface area contributed by atoms with Crippen LogP contribution in [-0.2, 0) is 14.3 Å². The Morgan fingerprint density at radius 3 is 2.56 bits per heavy atom. The summed E-state index contributed by atoms with van der Waals surface area (Å²) in [6, 6.07) is -0.169. The van der Waals surface area contributed by atoms with Gasteiger partial charge in [-0.15, -0.1) is 0 Å². The number of carbonyl (C=O) groups excluding carboxylic acids is 3. The Kier molecular flexibility index (Phi) is 4.28. The van der Waals surface area contributed by atoms with E-state index < -0.39 is 5.97 Å². The second-order valence-electron chi connectivity index (χ2n) is 3.65. The average molecular weight is 228 g/mol. The molecule has 0 bridgehead atoms. The van der Waals surface area contributed by atoms with Gasteiger partial charge in [-0.2, -0.15) is 0 Å². The maximum Gasteiger partial charge on any atom is 0.320 e. The van der Waals surface area contributed by atoms with Crippen molar-refractivity contribution in [3.8, 4) is 0 Å². The quantitative estimate of drug-likeness (QED) is 0.486. The summed E-state index contributed by atoms with van der Waals surface area (Å²) in [5, 5.41) is 0.